The number of ether oxygens (including phenoxy) is 1. The highest BCUT2D eigenvalue weighted by Crippen LogP contribution is 2.34. The van der Waals surface area contributed by atoms with Crippen molar-refractivity contribution in [1.29, 1.82) is 0 Å². The molecule has 0 aliphatic heterocycles. The van der Waals surface area contributed by atoms with Crippen LogP contribution >= 0.6 is 0 Å². The zero-order valence-corrected chi connectivity index (χ0v) is 16.4. The number of rotatable bonds is 4. The molecule has 0 saturated heterocycles. The van der Waals surface area contributed by atoms with Crippen LogP contribution in [0, 0.1) is 0 Å². The molecule has 0 aliphatic carbocycles. The summed E-state index contributed by atoms with van der Waals surface area (Å²) in [6.45, 7) is 0. The van der Waals surface area contributed by atoms with E-state index in [0.717, 1.165) is 32.6 Å². The number of anilines is 1. The van der Waals surface area contributed by atoms with E-state index in [1.165, 1.54) is 0 Å². The Hall–Kier alpha value is -3.99. The number of aromatic hydroxyl groups is 1. The van der Waals surface area contributed by atoms with Gasteiger partial charge in [0.2, 0.25) is 5.91 Å². The number of carbonyl (C=O) groups is 1. The number of H-pyrrole nitrogens is 1. The van der Waals surface area contributed by atoms with E-state index in [1.807, 2.05) is 42.5 Å². The van der Waals surface area contributed by atoms with Crippen LogP contribution in [0.15, 0.2) is 72.8 Å². The third-order valence-corrected chi connectivity index (χ3v) is 5.43. The molecular formula is C25H20N2O3. The first-order valence-electron chi connectivity index (χ1n) is 9.72. The molecule has 4 aromatic carbocycles. The molecule has 0 fully saturated rings. The van der Waals surface area contributed by atoms with Gasteiger partial charge in [0.25, 0.3) is 0 Å². The number of hydrogen-bond acceptors (Lipinski definition) is 3. The van der Waals surface area contributed by atoms with Crippen molar-refractivity contribution in [3.8, 4) is 11.5 Å². The number of phenols is 1. The number of carbonyl (C=O) groups excluding carboxylic acids is 1. The molecule has 5 heteroatoms. The fourth-order valence-electron chi connectivity index (χ4n) is 3.99. The van der Waals surface area contributed by atoms with Gasteiger partial charge in [-0.2, -0.15) is 0 Å². The van der Waals surface area contributed by atoms with E-state index >= 15 is 0 Å². The second-order valence-corrected chi connectivity index (χ2v) is 7.29. The number of aromatic amines is 1. The Balaban J connectivity index is 1.51. The molecule has 148 valence electrons. The van der Waals surface area contributed by atoms with Crippen molar-refractivity contribution in [3.63, 3.8) is 0 Å². The van der Waals surface area contributed by atoms with Crippen molar-refractivity contribution in [3.05, 3.63) is 78.4 Å². The maximum atomic E-state index is 12.6. The number of methoxy groups -OCH3 is 1. The summed E-state index contributed by atoms with van der Waals surface area (Å²) in [6.07, 6.45) is 0.0601. The van der Waals surface area contributed by atoms with E-state index < -0.39 is 0 Å². The molecule has 30 heavy (non-hydrogen) atoms. The lowest BCUT2D eigenvalue weighted by Gasteiger charge is -2.11. The number of amides is 1. The Bertz CT molecular complexity index is 1420. The van der Waals surface area contributed by atoms with Gasteiger partial charge >= 0.3 is 0 Å². The molecule has 0 radical (unpaired) electrons. The van der Waals surface area contributed by atoms with Gasteiger partial charge in [0.05, 0.1) is 24.7 Å². The molecule has 1 heterocycles. The van der Waals surface area contributed by atoms with Crippen molar-refractivity contribution in [1.82, 2.24) is 4.98 Å². The molecule has 5 nitrogen and oxygen atoms in total. The van der Waals surface area contributed by atoms with Crippen LogP contribution in [0.4, 0.5) is 5.69 Å². The van der Waals surface area contributed by atoms with Crippen LogP contribution < -0.4 is 10.1 Å². The van der Waals surface area contributed by atoms with Crippen LogP contribution in [0.25, 0.3) is 32.6 Å². The zero-order valence-electron chi connectivity index (χ0n) is 16.4. The lowest BCUT2D eigenvalue weighted by molar-refractivity contribution is -0.115. The number of fused-ring (bicyclic) bond motifs is 5. The second-order valence-electron chi connectivity index (χ2n) is 7.29. The van der Waals surface area contributed by atoms with Crippen LogP contribution in [-0.2, 0) is 11.2 Å². The van der Waals surface area contributed by atoms with E-state index in [2.05, 4.69) is 22.4 Å². The first-order chi connectivity index (χ1) is 14.6. The van der Waals surface area contributed by atoms with Gasteiger partial charge < -0.3 is 20.1 Å². The molecule has 5 rings (SSSR count). The molecule has 0 atom stereocenters. The van der Waals surface area contributed by atoms with Gasteiger partial charge in [-0.3, -0.25) is 4.79 Å². The maximum Gasteiger partial charge on any atom is 0.229 e. The van der Waals surface area contributed by atoms with Crippen LogP contribution in [0.2, 0.25) is 0 Å². The van der Waals surface area contributed by atoms with E-state index in [-0.39, 0.29) is 18.1 Å². The van der Waals surface area contributed by atoms with Gasteiger partial charge in [-0.1, -0.05) is 42.5 Å². The standard InChI is InChI=1S/C25H20N2O3/c1-30-23-9-5-4-8-21(23)26-24(29)13-16-12-15-10-11-18-17-6-2-3-7-20(17)27-25(18)19(15)14-22(16)28/h2-12,14,27-28H,13H2,1H3,(H,26,29). The second kappa shape index (κ2) is 7.12. The molecule has 0 unspecified atom stereocenters. The molecule has 3 N–H and O–H groups in total. The highest BCUT2D eigenvalue weighted by Gasteiger charge is 2.14. The van der Waals surface area contributed by atoms with Gasteiger partial charge in [-0.05, 0) is 35.7 Å². The Morgan fingerprint density at radius 2 is 1.77 bits per heavy atom. The summed E-state index contributed by atoms with van der Waals surface area (Å²) in [5.74, 6) is 0.472. The summed E-state index contributed by atoms with van der Waals surface area (Å²) >= 11 is 0. The average molecular weight is 396 g/mol. The number of aromatic nitrogens is 1. The summed E-state index contributed by atoms with van der Waals surface area (Å²) in [4.78, 5) is 16.0. The minimum atomic E-state index is -0.221. The summed E-state index contributed by atoms with van der Waals surface area (Å²) in [7, 11) is 1.56. The molecule has 5 aromatic rings. The lowest BCUT2D eigenvalue weighted by atomic mass is 10.0. The van der Waals surface area contributed by atoms with Crippen molar-refractivity contribution < 1.29 is 14.6 Å². The normalized spacial score (nSPS) is 11.2. The largest absolute Gasteiger partial charge is 0.508 e. The molecule has 0 bridgehead atoms. The average Bonchev–Trinajstić information content (AvgIpc) is 3.14. The van der Waals surface area contributed by atoms with Gasteiger partial charge in [0, 0.05) is 27.2 Å². The molecule has 0 aliphatic rings. The summed E-state index contributed by atoms with van der Waals surface area (Å²) < 4.78 is 5.28. The lowest BCUT2D eigenvalue weighted by Crippen LogP contribution is -2.15. The van der Waals surface area contributed by atoms with Crippen molar-refractivity contribution in [2.45, 2.75) is 6.42 Å². The molecule has 0 spiro atoms. The first kappa shape index (κ1) is 18.1. The third kappa shape index (κ3) is 3.01. The summed E-state index contributed by atoms with van der Waals surface area (Å²) in [5, 5.41) is 17.6. The highest BCUT2D eigenvalue weighted by atomic mass is 16.5. The zero-order chi connectivity index (χ0) is 20.7. The maximum absolute atomic E-state index is 12.6. The number of para-hydroxylation sites is 3. The van der Waals surface area contributed by atoms with Gasteiger partial charge in [0.1, 0.15) is 11.5 Å². The Labute approximate surface area is 172 Å². The van der Waals surface area contributed by atoms with Crippen LogP contribution in [0.3, 0.4) is 0 Å². The molecule has 1 aromatic heterocycles. The summed E-state index contributed by atoms with van der Waals surface area (Å²) in [6, 6.07) is 23.1. The van der Waals surface area contributed by atoms with E-state index in [4.69, 9.17) is 4.74 Å². The fraction of sp³-hybridized carbons (Fsp3) is 0.0800. The van der Waals surface area contributed by atoms with Crippen molar-refractivity contribution >= 4 is 44.2 Å². The van der Waals surface area contributed by atoms with Crippen LogP contribution in [0.1, 0.15) is 5.56 Å². The third-order valence-electron chi connectivity index (χ3n) is 5.43. The monoisotopic (exact) mass is 396 g/mol. The molecular weight excluding hydrogens is 376 g/mol. The fourth-order valence-corrected chi connectivity index (χ4v) is 3.99. The van der Waals surface area contributed by atoms with E-state index in [9.17, 15) is 9.90 Å². The number of hydrogen-bond donors (Lipinski definition) is 3. The topological polar surface area (TPSA) is 74.3 Å². The predicted molar refractivity (Wildman–Crippen MR) is 120 cm³/mol. The minimum absolute atomic E-state index is 0.0601. The Morgan fingerprint density at radius 3 is 2.63 bits per heavy atom. The Morgan fingerprint density at radius 1 is 0.967 bits per heavy atom. The number of phenolic OH excluding ortho intramolecular Hbond substituents is 1. The predicted octanol–water partition coefficient (Wildman–Crippen LogP) is 5.37. The van der Waals surface area contributed by atoms with Gasteiger partial charge in [0.15, 0.2) is 0 Å². The smallest absolute Gasteiger partial charge is 0.229 e. The minimum Gasteiger partial charge on any atom is -0.508 e. The SMILES string of the molecule is COc1ccccc1NC(=O)Cc1cc2ccc3c4ccccc4[nH]c3c2cc1O. The Kier molecular flexibility index (Phi) is 4.29. The van der Waals surface area contributed by atoms with Crippen LogP contribution in [-0.4, -0.2) is 23.1 Å². The molecule has 0 saturated carbocycles. The first-order valence-corrected chi connectivity index (χ1v) is 9.72. The highest BCUT2D eigenvalue weighted by molar-refractivity contribution is 6.17. The van der Waals surface area contributed by atoms with E-state index in [1.54, 1.807) is 25.3 Å². The summed E-state index contributed by atoms with van der Waals surface area (Å²) in [5.41, 5.74) is 3.21. The number of benzene rings is 4. The van der Waals surface area contributed by atoms with Crippen LogP contribution in [0.5, 0.6) is 11.5 Å². The van der Waals surface area contributed by atoms with Gasteiger partial charge in [-0.25, -0.2) is 0 Å². The van der Waals surface area contributed by atoms with Crippen molar-refractivity contribution in [2.24, 2.45) is 0 Å². The number of nitrogens with one attached hydrogen (secondary N) is 2. The molecule has 1 amide bonds. The van der Waals surface area contributed by atoms with Crippen molar-refractivity contribution in [2.75, 3.05) is 12.4 Å². The van der Waals surface area contributed by atoms with E-state index in [0.29, 0.717) is 17.0 Å². The quantitative estimate of drug-likeness (QED) is 0.382. The van der Waals surface area contributed by atoms with Gasteiger partial charge in [-0.15, -0.1) is 0 Å².